The third-order valence-corrected chi connectivity index (χ3v) is 3.84. The van der Waals surface area contributed by atoms with Crippen LogP contribution in [0.25, 0.3) is 11.3 Å². The van der Waals surface area contributed by atoms with Gasteiger partial charge in [-0.3, -0.25) is 0 Å². The van der Waals surface area contributed by atoms with Gasteiger partial charge in [-0.15, -0.1) is 0 Å². The molecule has 0 aliphatic carbocycles. The van der Waals surface area contributed by atoms with Crippen molar-refractivity contribution < 1.29 is 9.53 Å². The monoisotopic (exact) mass is 376 g/mol. The number of nitrogens with zero attached hydrogens (tertiary/aromatic N) is 2. The lowest BCUT2D eigenvalue weighted by Gasteiger charge is -2.22. The van der Waals surface area contributed by atoms with E-state index in [0.29, 0.717) is 23.0 Å². The SMILES string of the molecule is COC(=O)c1cccc(Nc2nc(NC(C)(C)C)cc(-c3ccccc3)n2)c1. The van der Waals surface area contributed by atoms with E-state index >= 15 is 0 Å². The Morgan fingerprint density at radius 1 is 0.964 bits per heavy atom. The van der Waals surface area contributed by atoms with Gasteiger partial charge in [0.2, 0.25) is 5.95 Å². The molecule has 0 bridgehead atoms. The number of methoxy groups -OCH3 is 1. The van der Waals surface area contributed by atoms with Crippen LogP contribution in [0.2, 0.25) is 0 Å². The fraction of sp³-hybridized carbons (Fsp3) is 0.227. The zero-order valence-electron chi connectivity index (χ0n) is 16.5. The summed E-state index contributed by atoms with van der Waals surface area (Å²) in [5.74, 6) is 0.765. The maximum absolute atomic E-state index is 11.8. The van der Waals surface area contributed by atoms with Gasteiger partial charge in [-0.2, -0.15) is 4.98 Å². The van der Waals surface area contributed by atoms with E-state index in [1.165, 1.54) is 7.11 Å². The molecule has 144 valence electrons. The standard InChI is InChI=1S/C22H24N4O2/c1-22(2,3)26-19-14-18(15-9-6-5-7-10-15)24-21(25-19)23-17-12-8-11-16(13-17)20(27)28-4/h5-14H,1-4H3,(H2,23,24,25,26). The summed E-state index contributed by atoms with van der Waals surface area (Å²) in [6, 6.07) is 18.9. The number of benzene rings is 2. The minimum absolute atomic E-state index is 0.148. The minimum Gasteiger partial charge on any atom is -0.465 e. The lowest BCUT2D eigenvalue weighted by atomic mass is 10.1. The molecule has 0 fully saturated rings. The van der Waals surface area contributed by atoms with Crippen molar-refractivity contribution in [3.05, 3.63) is 66.2 Å². The number of hydrogen-bond acceptors (Lipinski definition) is 6. The fourth-order valence-electron chi connectivity index (χ4n) is 2.68. The van der Waals surface area contributed by atoms with E-state index in [4.69, 9.17) is 4.74 Å². The molecule has 28 heavy (non-hydrogen) atoms. The summed E-state index contributed by atoms with van der Waals surface area (Å²) in [6.07, 6.45) is 0. The highest BCUT2D eigenvalue weighted by atomic mass is 16.5. The zero-order valence-corrected chi connectivity index (χ0v) is 16.5. The molecular formula is C22H24N4O2. The normalized spacial score (nSPS) is 11.0. The van der Waals surface area contributed by atoms with Crippen LogP contribution in [0.1, 0.15) is 31.1 Å². The van der Waals surface area contributed by atoms with Crippen molar-refractivity contribution in [3.8, 4) is 11.3 Å². The van der Waals surface area contributed by atoms with Crippen molar-refractivity contribution in [1.82, 2.24) is 9.97 Å². The number of esters is 1. The molecule has 2 N–H and O–H groups in total. The van der Waals surface area contributed by atoms with Crippen molar-refractivity contribution in [2.75, 3.05) is 17.7 Å². The van der Waals surface area contributed by atoms with Gasteiger partial charge < -0.3 is 15.4 Å². The average molecular weight is 376 g/mol. The predicted molar refractivity (Wildman–Crippen MR) is 112 cm³/mol. The number of nitrogens with one attached hydrogen (secondary N) is 2. The summed E-state index contributed by atoms with van der Waals surface area (Å²) >= 11 is 0. The Morgan fingerprint density at radius 2 is 1.71 bits per heavy atom. The van der Waals surface area contributed by atoms with Crippen molar-refractivity contribution in [2.45, 2.75) is 26.3 Å². The minimum atomic E-state index is -0.391. The van der Waals surface area contributed by atoms with Crippen LogP contribution >= 0.6 is 0 Å². The number of hydrogen-bond donors (Lipinski definition) is 2. The Hall–Kier alpha value is -3.41. The van der Waals surface area contributed by atoms with Crippen LogP contribution in [-0.2, 0) is 4.74 Å². The van der Waals surface area contributed by atoms with Crippen molar-refractivity contribution in [2.24, 2.45) is 0 Å². The lowest BCUT2D eigenvalue weighted by molar-refractivity contribution is 0.0601. The van der Waals surface area contributed by atoms with E-state index in [1.54, 1.807) is 18.2 Å². The van der Waals surface area contributed by atoms with Crippen LogP contribution in [-0.4, -0.2) is 28.6 Å². The van der Waals surface area contributed by atoms with Crippen LogP contribution in [0.5, 0.6) is 0 Å². The second kappa shape index (κ2) is 8.08. The van der Waals surface area contributed by atoms with Gasteiger partial charge in [0.1, 0.15) is 5.82 Å². The number of carbonyl (C=O) groups excluding carboxylic acids is 1. The first-order valence-electron chi connectivity index (χ1n) is 9.02. The Balaban J connectivity index is 1.98. The van der Waals surface area contributed by atoms with Crippen LogP contribution < -0.4 is 10.6 Å². The first-order chi connectivity index (χ1) is 13.3. The predicted octanol–water partition coefficient (Wildman–Crippen LogP) is 4.88. The molecule has 0 saturated carbocycles. The molecule has 1 aromatic heterocycles. The van der Waals surface area contributed by atoms with Gasteiger partial charge in [0, 0.05) is 22.9 Å². The summed E-state index contributed by atoms with van der Waals surface area (Å²) in [5, 5.41) is 6.58. The number of anilines is 3. The molecule has 0 radical (unpaired) electrons. The topological polar surface area (TPSA) is 76.1 Å². The van der Waals surface area contributed by atoms with Gasteiger partial charge in [0.15, 0.2) is 0 Å². The molecule has 1 heterocycles. The average Bonchev–Trinajstić information content (AvgIpc) is 2.66. The molecule has 2 aromatic carbocycles. The summed E-state index contributed by atoms with van der Waals surface area (Å²) in [7, 11) is 1.36. The number of aromatic nitrogens is 2. The Bertz CT molecular complexity index is 966. The summed E-state index contributed by atoms with van der Waals surface area (Å²) in [5.41, 5.74) is 2.81. The van der Waals surface area contributed by atoms with Crippen molar-refractivity contribution in [1.29, 1.82) is 0 Å². The van der Waals surface area contributed by atoms with Crippen molar-refractivity contribution in [3.63, 3.8) is 0 Å². The molecule has 0 aliphatic rings. The van der Waals surface area contributed by atoms with E-state index in [-0.39, 0.29) is 5.54 Å². The molecule has 0 amide bonds. The summed E-state index contributed by atoms with van der Waals surface area (Å²) in [4.78, 5) is 21.0. The van der Waals surface area contributed by atoms with Crippen molar-refractivity contribution >= 4 is 23.4 Å². The molecule has 0 spiro atoms. The highest BCUT2D eigenvalue weighted by Gasteiger charge is 2.14. The van der Waals surface area contributed by atoms with Crippen LogP contribution in [0.3, 0.4) is 0 Å². The van der Waals surface area contributed by atoms with E-state index in [1.807, 2.05) is 42.5 Å². The zero-order chi connectivity index (χ0) is 20.1. The molecule has 0 unspecified atom stereocenters. The molecule has 3 aromatic rings. The maximum Gasteiger partial charge on any atom is 0.337 e. The summed E-state index contributed by atoms with van der Waals surface area (Å²) in [6.45, 7) is 6.22. The van der Waals surface area contributed by atoms with E-state index in [0.717, 1.165) is 11.3 Å². The van der Waals surface area contributed by atoms with Gasteiger partial charge in [-0.1, -0.05) is 36.4 Å². The molecule has 6 heteroatoms. The first-order valence-corrected chi connectivity index (χ1v) is 9.02. The smallest absolute Gasteiger partial charge is 0.337 e. The Morgan fingerprint density at radius 3 is 2.39 bits per heavy atom. The fourth-order valence-corrected chi connectivity index (χ4v) is 2.68. The first kappa shape index (κ1) is 19.4. The second-order valence-electron chi connectivity index (χ2n) is 7.40. The third kappa shape index (κ3) is 5.07. The molecule has 0 aliphatic heterocycles. The van der Waals surface area contributed by atoms with Gasteiger partial charge >= 0.3 is 5.97 Å². The van der Waals surface area contributed by atoms with E-state index in [9.17, 15) is 4.79 Å². The van der Waals surface area contributed by atoms with Crippen LogP contribution in [0, 0.1) is 0 Å². The Labute approximate surface area is 165 Å². The molecule has 0 atom stereocenters. The summed E-state index contributed by atoms with van der Waals surface area (Å²) < 4.78 is 4.78. The second-order valence-corrected chi connectivity index (χ2v) is 7.40. The van der Waals surface area contributed by atoms with Gasteiger partial charge in [-0.25, -0.2) is 9.78 Å². The highest BCUT2D eigenvalue weighted by molar-refractivity contribution is 5.90. The van der Waals surface area contributed by atoms with Gasteiger partial charge in [-0.05, 0) is 39.0 Å². The van der Waals surface area contributed by atoms with E-state index < -0.39 is 5.97 Å². The Kier molecular flexibility index (Phi) is 5.59. The maximum atomic E-state index is 11.8. The molecular weight excluding hydrogens is 352 g/mol. The number of rotatable bonds is 5. The largest absolute Gasteiger partial charge is 0.465 e. The molecule has 6 nitrogen and oxygen atoms in total. The molecule has 3 rings (SSSR count). The van der Waals surface area contributed by atoms with Gasteiger partial charge in [0.25, 0.3) is 0 Å². The quantitative estimate of drug-likeness (QED) is 0.618. The number of carbonyl (C=O) groups is 1. The highest BCUT2D eigenvalue weighted by Crippen LogP contribution is 2.25. The van der Waals surface area contributed by atoms with Crippen LogP contribution in [0.4, 0.5) is 17.5 Å². The third-order valence-electron chi connectivity index (χ3n) is 3.84. The van der Waals surface area contributed by atoms with Gasteiger partial charge in [0.05, 0.1) is 18.4 Å². The lowest BCUT2D eigenvalue weighted by Crippen LogP contribution is -2.26. The molecule has 0 saturated heterocycles. The number of ether oxygens (including phenoxy) is 1. The van der Waals surface area contributed by atoms with E-state index in [2.05, 4.69) is 41.4 Å². The van der Waals surface area contributed by atoms with Crippen LogP contribution in [0.15, 0.2) is 60.7 Å².